The molecule has 11 atom stereocenters. The Morgan fingerprint density at radius 3 is 1.92 bits per heavy atom. The molecule has 0 spiro atoms. The van der Waals surface area contributed by atoms with Crippen molar-refractivity contribution in [3.63, 3.8) is 0 Å². The van der Waals surface area contributed by atoms with Crippen molar-refractivity contribution in [3.05, 3.63) is 0 Å². The maximum absolute atomic E-state index is 13.0. The fourth-order valence-corrected chi connectivity index (χ4v) is 10.5. The second kappa shape index (κ2) is 15.4. The highest BCUT2D eigenvalue weighted by Gasteiger charge is 2.65. The van der Waals surface area contributed by atoms with Crippen LogP contribution in [-0.2, 0) is 28.7 Å². The monoisotopic (exact) mass is 682 g/mol. The minimum Gasteiger partial charge on any atom is -0.481 e. The van der Waals surface area contributed by atoms with E-state index in [4.69, 9.17) is 14.9 Å². The average Bonchev–Trinajstić information content (AvgIpc) is 3.33. The number of carboxylic acid groups (broad SMARTS) is 4. The van der Waals surface area contributed by atoms with E-state index in [0.29, 0.717) is 32.1 Å². The molecule has 14 nitrogen and oxygen atoms in total. The smallest absolute Gasteiger partial charge is 0.320 e. The van der Waals surface area contributed by atoms with Crippen molar-refractivity contribution in [3.8, 4) is 0 Å². The van der Waals surface area contributed by atoms with Crippen LogP contribution < -0.4 is 0 Å². The van der Waals surface area contributed by atoms with Crippen LogP contribution in [0.4, 0.5) is 0 Å². The van der Waals surface area contributed by atoms with Gasteiger partial charge >= 0.3 is 29.8 Å². The molecule has 0 aliphatic heterocycles. The Hall–Kier alpha value is -2.81. The highest BCUT2D eigenvalue weighted by atomic mass is 16.5. The first-order valence-electron chi connectivity index (χ1n) is 17.3. The Morgan fingerprint density at radius 2 is 1.35 bits per heavy atom. The summed E-state index contributed by atoms with van der Waals surface area (Å²) >= 11 is 0. The predicted octanol–water partition coefficient (Wildman–Crippen LogP) is 1.86. The third-order valence-electron chi connectivity index (χ3n) is 12.8. The van der Waals surface area contributed by atoms with Crippen molar-refractivity contribution in [1.29, 1.82) is 0 Å². The number of carbonyl (C=O) groups excluding carboxylic acids is 1. The summed E-state index contributed by atoms with van der Waals surface area (Å²) in [7, 11) is 0. The fourth-order valence-electron chi connectivity index (χ4n) is 10.5. The van der Waals surface area contributed by atoms with Gasteiger partial charge in [0.15, 0.2) is 0 Å². The predicted molar refractivity (Wildman–Crippen MR) is 170 cm³/mol. The molecule has 0 heterocycles. The van der Waals surface area contributed by atoms with Gasteiger partial charge in [0, 0.05) is 19.5 Å². The van der Waals surface area contributed by atoms with Crippen molar-refractivity contribution in [1.82, 2.24) is 9.80 Å². The van der Waals surface area contributed by atoms with Crippen LogP contribution in [0.2, 0.25) is 0 Å². The molecule has 0 aromatic rings. The summed E-state index contributed by atoms with van der Waals surface area (Å²) in [4.78, 5) is 60.5. The molecule has 4 saturated carbocycles. The number of esters is 1. The number of carboxylic acids is 4. The molecule has 0 unspecified atom stereocenters. The lowest BCUT2D eigenvalue weighted by atomic mass is 9.43. The van der Waals surface area contributed by atoms with E-state index in [0.717, 1.165) is 24.2 Å². The molecule has 0 aromatic heterocycles. The van der Waals surface area contributed by atoms with E-state index in [-0.39, 0.29) is 67.0 Å². The molecular weight excluding hydrogens is 628 g/mol. The van der Waals surface area contributed by atoms with E-state index in [1.807, 2.05) is 0 Å². The summed E-state index contributed by atoms with van der Waals surface area (Å²) in [6.45, 7) is 4.40. The van der Waals surface area contributed by atoms with Gasteiger partial charge in [0.2, 0.25) is 0 Å². The van der Waals surface area contributed by atoms with Gasteiger partial charge in [0.25, 0.3) is 0 Å². The average molecular weight is 683 g/mol. The highest BCUT2D eigenvalue weighted by Crippen LogP contribution is 2.68. The van der Waals surface area contributed by atoms with E-state index >= 15 is 0 Å². The zero-order valence-corrected chi connectivity index (χ0v) is 28.3. The quantitative estimate of drug-likeness (QED) is 0.128. The molecule has 0 bridgehead atoms. The van der Waals surface area contributed by atoms with Gasteiger partial charge in [-0.05, 0) is 97.7 Å². The van der Waals surface area contributed by atoms with E-state index in [1.165, 1.54) is 4.90 Å². The standard InChI is InChI=1S/C34H54N2O12/c1-19(4-7-27(39)40)22-5-6-23-32-24(14-26(38)34(22,23)3)33(2)9-8-21(12-20(33)13-25(32)37)48-31(47)18-36(17-30(45)46)11-10-35(15-28(41)42)16-29(43)44/h19-26,32,37-38H,4-18H2,1-3H3,(H,39,40)(H,41,42)(H,43,44)(H,45,46)/t19-,20+,21-,22-,23+,24+,25-,26+,32+,33+,34-/m1/s1. The second-order valence-electron chi connectivity index (χ2n) is 15.5. The number of nitrogens with zero attached hydrogens (tertiary/aromatic N) is 2. The molecule has 0 radical (unpaired) electrons. The molecule has 0 saturated heterocycles. The number of aliphatic hydroxyl groups is 2. The lowest BCUT2D eigenvalue weighted by Crippen LogP contribution is -2.62. The van der Waals surface area contributed by atoms with Crippen molar-refractivity contribution < 1.29 is 59.3 Å². The summed E-state index contributed by atoms with van der Waals surface area (Å²) < 4.78 is 5.84. The topological polar surface area (TPSA) is 222 Å². The number of hydrogen-bond donors (Lipinski definition) is 6. The number of carbonyl (C=O) groups is 5. The molecule has 4 rings (SSSR count). The van der Waals surface area contributed by atoms with Crippen molar-refractivity contribution in [2.45, 2.75) is 96.9 Å². The van der Waals surface area contributed by atoms with Crippen molar-refractivity contribution in [2.24, 2.45) is 46.3 Å². The minimum absolute atomic E-state index is 0.0295. The van der Waals surface area contributed by atoms with Crippen LogP contribution in [0.25, 0.3) is 0 Å². The minimum atomic E-state index is -1.23. The van der Waals surface area contributed by atoms with E-state index < -0.39 is 73.2 Å². The van der Waals surface area contributed by atoms with Gasteiger partial charge in [0.1, 0.15) is 6.10 Å². The van der Waals surface area contributed by atoms with Gasteiger partial charge in [-0.2, -0.15) is 0 Å². The molecule has 14 heteroatoms. The summed E-state index contributed by atoms with van der Waals surface area (Å²) in [6, 6.07) is 0. The van der Waals surface area contributed by atoms with Crippen LogP contribution in [0.1, 0.15) is 78.6 Å². The van der Waals surface area contributed by atoms with E-state index in [2.05, 4.69) is 20.8 Å². The summed E-state index contributed by atoms with van der Waals surface area (Å²) in [5.41, 5.74) is -0.564. The Morgan fingerprint density at radius 1 is 0.771 bits per heavy atom. The van der Waals surface area contributed by atoms with Crippen LogP contribution in [0.5, 0.6) is 0 Å². The number of ether oxygens (including phenoxy) is 1. The van der Waals surface area contributed by atoms with E-state index in [9.17, 15) is 44.4 Å². The van der Waals surface area contributed by atoms with Gasteiger partial charge < -0.3 is 35.4 Å². The number of fused-ring (bicyclic) bond motifs is 5. The molecule has 0 amide bonds. The van der Waals surface area contributed by atoms with E-state index in [1.54, 1.807) is 0 Å². The second-order valence-corrected chi connectivity index (χ2v) is 15.5. The first kappa shape index (κ1) is 38.0. The van der Waals surface area contributed by atoms with Gasteiger partial charge in [0.05, 0.1) is 38.4 Å². The summed E-state index contributed by atoms with van der Waals surface area (Å²) in [5.74, 6) is -4.45. The molecule has 4 aliphatic carbocycles. The van der Waals surface area contributed by atoms with Crippen LogP contribution in [0.15, 0.2) is 0 Å². The molecule has 4 fully saturated rings. The summed E-state index contributed by atoms with van der Waals surface area (Å²) in [5, 5.41) is 60.2. The number of hydrogen-bond acceptors (Lipinski definition) is 10. The van der Waals surface area contributed by atoms with Crippen LogP contribution in [0, 0.1) is 46.3 Å². The Labute approximate surface area is 281 Å². The molecule has 272 valence electrons. The van der Waals surface area contributed by atoms with Crippen LogP contribution >= 0.6 is 0 Å². The maximum atomic E-state index is 13.0. The number of aliphatic hydroxyl groups excluding tert-OH is 2. The van der Waals surface area contributed by atoms with Crippen LogP contribution in [-0.4, -0.2) is 128 Å². The van der Waals surface area contributed by atoms with Gasteiger partial charge in [-0.15, -0.1) is 0 Å². The molecule has 6 N–H and O–H groups in total. The summed E-state index contributed by atoms with van der Waals surface area (Å²) in [6.07, 6.45) is 3.91. The molecule has 0 aromatic carbocycles. The molecular formula is C34H54N2O12. The Balaban J connectivity index is 1.38. The fraction of sp³-hybridized carbons (Fsp3) is 0.853. The molecule has 48 heavy (non-hydrogen) atoms. The number of rotatable bonds is 16. The van der Waals surface area contributed by atoms with Gasteiger partial charge in [-0.3, -0.25) is 33.8 Å². The lowest BCUT2D eigenvalue weighted by molar-refractivity contribution is -0.209. The molecule has 4 aliphatic rings. The Kier molecular flexibility index (Phi) is 12.2. The van der Waals surface area contributed by atoms with Crippen molar-refractivity contribution >= 4 is 29.8 Å². The third-order valence-corrected chi connectivity index (χ3v) is 12.8. The van der Waals surface area contributed by atoms with Crippen LogP contribution in [0.3, 0.4) is 0 Å². The third kappa shape index (κ3) is 8.31. The zero-order valence-electron chi connectivity index (χ0n) is 28.3. The van der Waals surface area contributed by atoms with Gasteiger partial charge in [-0.25, -0.2) is 0 Å². The maximum Gasteiger partial charge on any atom is 0.320 e. The normalized spacial score (nSPS) is 36.5. The number of aliphatic carboxylic acids is 4. The largest absolute Gasteiger partial charge is 0.481 e. The van der Waals surface area contributed by atoms with Gasteiger partial charge in [-0.1, -0.05) is 20.8 Å². The SMILES string of the molecule is C[C@H](CCC(=O)O)[C@H]1CC[C@H]2[C@@H]3[C@H](O)C[C@@H]4C[C@H](OC(=O)CN(CCN(CC(=O)O)CC(=O)O)CC(=O)O)CC[C@]4(C)[C@H]3C[C@H](O)[C@]12C. The van der Waals surface area contributed by atoms with Crippen molar-refractivity contribution in [2.75, 3.05) is 39.3 Å². The zero-order chi connectivity index (χ0) is 35.6. The first-order valence-corrected chi connectivity index (χ1v) is 17.3. The Bertz CT molecular complexity index is 1200. The first-order chi connectivity index (χ1) is 22.4. The lowest BCUT2D eigenvalue weighted by Gasteiger charge is -2.63. The highest BCUT2D eigenvalue weighted by molar-refractivity contribution is 5.74.